The van der Waals surface area contributed by atoms with E-state index in [0.717, 1.165) is 20.3 Å². The Morgan fingerprint density at radius 3 is 2.00 bits per heavy atom. The number of ether oxygens (including phenoxy) is 3. The van der Waals surface area contributed by atoms with Gasteiger partial charge >= 0.3 is 0 Å². The van der Waals surface area contributed by atoms with Gasteiger partial charge in [-0.1, -0.05) is 27.5 Å². The van der Waals surface area contributed by atoms with Gasteiger partial charge in [0.15, 0.2) is 11.5 Å². The molecular formula is C15H16BrClO3S. The highest BCUT2D eigenvalue weighted by atomic mass is 79.9. The number of methoxy groups -OCH3 is 3. The predicted molar refractivity (Wildman–Crippen MR) is 90.9 cm³/mol. The topological polar surface area (TPSA) is 27.7 Å². The minimum atomic E-state index is 0.0161. The predicted octanol–water partition coefficient (Wildman–Crippen LogP) is 5.22. The van der Waals surface area contributed by atoms with Crippen molar-refractivity contribution >= 4 is 38.9 Å². The van der Waals surface area contributed by atoms with Gasteiger partial charge in [-0.15, -0.1) is 11.3 Å². The number of hydrogen-bond acceptors (Lipinski definition) is 4. The minimum absolute atomic E-state index is 0.0161. The van der Waals surface area contributed by atoms with Crippen molar-refractivity contribution < 1.29 is 14.2 Å². The molecule has 6 heteroatoms. The van der Waals surface area contributed by atoms with E-state index in [0.29, 0.717) is 17.2 Å². The number of hydrogen-bond donors (Lipinski definition) is 0. The van der Waals surface area contributed by atoms with E-state index in [1.54, 1.807) is 32.7 Å². The Bertz CT molecular complexity index is 597. The summed E-state index contributed by atoms with van der Waals surface area (Å²) in [4.78, 5) is 1.15. The van der Waals surface area contributed by atoms with Crippen LogP contribution < -0.4 is 14.2 Å². The van der Waals surface area contributed by atoms with Crippen LogP contribution in [0.2, 0.25) is 4.34 Å². The molecular weight excluding hydrogens is 376 g/mol. The van der Waals surface area contributed by atoms with Crippen molar-refractivity contribution in [2.45, 2.75) is 11.8 Å². The summed E-state index contributed by atoms with van der Waals surface area (Å²) in [6.07, 6.45) is 0. The number of aryl methyl sites for hydroxylation is 1. The Morgan fingerprint density at radius 1 is 1.05 bits per heavy atom. The van der Waals surface area contributed by atoms with Crippen LogP contribution in [0.3, 0.4) is 0 Å². The zero-order valence-corrected chi connectivity index (χ0v) is 15.4. The molecule has 2 aromatic rings. The molecule has 3 nitrogen and oxygen atoms in total. The van der Waals surface area contributed by atoms with Crippen LogP contribution in [0, 0.1) is 6.92 Å². The van der Waals surface area contributed by atoms with E-state index < -0.39 is 0 Å². The summed E-state index contributed by atoms with van der Waals surface area (Å²) >= 11 is 11.4. The third-order valence-corrected chi connectivity index (χ3v) is 6.05. The second-order valence-electron chi connectivity index (χ2n) is 4.43. The first-order valence-electron chi connectivity index (χ1n) is 6.21. The van der Waals surface area contributed by atoms with Crippen LogP contribution >= 0.6 is 38.9 Å². The maximum absolute atomic E-state index is 6.15. The molecule has 1 unspecified atom stereocenters. The molecule has 1 heterocycles. The summed E-state index contributed by atoms with van der Waals surface area (Å²) in [5.41, 5.74) is 2.09. The molecule has 0 saturated heterocycles. The molecule has 1 aromatic carbocycles. The molecule has 0 aliphatic rings. The Hall–Kier alpha value is -0.910. The van der Waals surface area contributed by atoms with Crippen molar-refractivity contribution in [1.82, 2.24) is 0 Å². The molecule has 0 fully saturated rings. The van der Waals surface area contributed by atoms with Crippen molar-refractivity contribution in [2.75, 3.05) is 21.3 Å². The first kappa shape index (κ1) is 16.5. The molecule has 0 N–H and O–H groups in total. The van der Waals surface area contributed by atoms with E-state index in [9.17, 15) is 0 Å². The molecule has 0 saturated carbocycles. The molecule has 0 bridgehead atoms. The summed E-state index contributed by atoms with van der Waals surface area (Å²) in [7, 11) is 4.81. The summed E-state index contributed by atoms with van der Waals surface area (Å²) < 4.78 is 16.9. The fourth-order valence-corrected chi connectivity index (χ4v) is 3.92. The summed E-state index contributed by atoms with van der Waals surface area (Å²) in [6, 6.07) is 5.95. The van der Waals surface area contributed by atoms with Crippen molar-refractivity contribution in [2.24, 2.45) is 0 Å². The Morgan fingerprint density at radius 2 is 1.62 bits per heavy atom. The van der Waals surface area contributed by atoms with Crippen LogP contribution in [0.15, 0.2) is 18.2 Å². The number of benzene rings is 1. The average Bonchev–Trinajstić information content (AvgIpc) is 2.84. The van der Waals surface area contributed by atoms with Crippen molar-refractivity contribution in [3.05, 3.63) is 38.5 Å². The summed E-state index contributed by atoms with van der Waals surface area (Å²) in [6.45, 7) is 2.00. The van der Waals surface area contributed by atoms with Crippen molar-refractivity contribution in [1.29, 1.82) is 0 Å². The van der Waals surface area contributed by atoms with Gasteiger partial charge in [-0.05, 0) is 36.2 Å². The summed E-state index contributed by atoms with van der Waals surface area (Å²) in [5.74, 6) is 1.86. The lowest BCUT2D eigenvalue weighted by Gasteiger charge is -2.16. The van der Waals surface area contributed by atoms with E-state index in [4.69, 9.17) is 25.8 Å². The van der Waals surface area contributed by atoms with Gasteiger partial charge in [-0.3, -0.25) is 0 Å². The zero-order chi connectivity index (χ0) is 15.6. The van der Waals surface area contributed by atoms with Gasteiger partial charge in [0.1, 0.15) is 0 Å². The maximum atomic E-state index is 6.15. The highest BCUT2D eigenvalue weighted by Crippen LogP contribution is 2.45. The van der Waals surface area contributed by atoms with Gasteiger partial charge in [0, 0.05) is 4.88 Å². The SMILES string of the molecule is COc1cc(C(Br)c2cc(C)c(Cl)s2)cc(OC)c1OC. The van der Waals surface area contributed by atoms with Gasteiger partial charge in [-0.2, -0.15) is 0 Å². The Balaban J connectivity index is 2.48. The number of rotatable bonds is 5. The van der Waals surface area contributed by atoms with Crippen LogP contribution in [-0.4, -0.2) is 21.3 Å². The molecule has 21 heavy (non-hydrogen) atoms. The largest absolute Gasteiger partial charge is 0.493 e. The van der Waals surface area contributed by atoms with Crippen LogP contribution in [0.5, 0.6) is 17.2 Å². The second kappa shape index (κ2) is 6.90. The standard InChI is InChI=1S/C15H16BrClO3S/c1-8-5-12(21-15(8)17)13(16)9-6-10(18-2)14(20-4)11(7-9)19-3/h5-7,13H,1-4H3. The fourth-order valence-electron chi connectivity index (χ4n) is 2.02. The first-order chi connectivity index (χ1) is 10.0. The quantitative estimate of drug-likeness (QED) is 0.654. The normalized spacial score (nSPS) is 12.1. The van der Waals surface area contributed by atoms with Gasteiger partial charge in [-0.25, -0.2) is 0 Å². The molecule has 0 amide bonds. The molecule has 1 atom stereocenters. The fraction of sp³-hybridized carbons (Fsp3) is 0.333. The number of halogens is 2. The van der Waals surface area contributed by atoms with E-state index in [2.05, 4.69) is 22.0 Å². The lowest BCUT2D eigenvalue weighted by molar-refractivity contribution is 0.324. The highest BCUT2D eigenvalue weighted by molar-refractivity contribution is 9.09. The van der Waals surface area contributed by atoms with Gasteiger partial charge in [0.25, 0.3) is 0 Å². The first-order valence-corrected chi connectivity index (χ1v) is 8.32. The lowest BCUT2D eigenvalue weighted by atomic mass is 10.1. The van der Waals surface area contributed by atoms with Crippen molar-refractivity contribution in [3.8, 4) is 17.2 Å². The Kier molecular flexibility index (Phi) is 5.41. The number of alkyl halides is 1. The molecule has 0 aliphatic carbocycles. The smallest absolute Gasteiger partial charge is 0.203 e. The van der Waals surface area contributed by atoms with Gasteiger partial charge < -0.3 is 14.2 Å². The lowest BCUT2D eigenvalue weighted by Crippen LogP contribution is -1.98. The average molecular weight is 392 g/mol. The van der Waals surface area contributed by atoms with Crippen LogP contribution in [0.1, 0.15) is 20.8 Å². The van der Waals surface area contributed by atoms with E-state index in [1.807, 2.05) is 19.1 Å². The molecule has 0 aliphatic heterocycles. The zero-order valence-electron chi connectivity index (χ0n) is 12.2. The maximum Gasteiger partial charge on any atom is 0.203 e. The Labute approximate surface area is 141 Å². The number of thiophene rings is 1. The van der Waals surface area contributed by atoms with Gasteiger partial charge in [0.05, 0.1) is 30.5 Å². The molecule has 114 valence electrons. The molecule has 0 radical (unpaired) electrons. The van der Waals surface area contributed by atoms with Crippen molar-refractivity contribution in [3.63, 3.8) is 0 Å². The molecule has 1 aromatic heterocycles. The monoisotopic (exact) mass is 390 g/mol. The highest BCUT2D eigenvalue weighted by Gasteiger charge is 2.20. The van der Waals surface area contributed by atoms with E-state index in [-0.39, 0.29) is 4.83 Å². The van der Waals surface area contributed by atoms with Crippen LogP contribution in [0.25, 0.3) is 0 Å². The molecule has 0 spiro atoms. The van der Waals surface area contributed by atoms with E-state index >= 15 is 0 Å². The van der Waals surface area contributed by atoms with Crippen LogP contribution in [-0.2, 0) is 0 Å². The third kappa shape index (κ3) is 3.30. The minimum Gasteiger partial charge on any atom is -0.493 e. The van der Waals surface area contributed by atoms with Crippen LogP contribution in [0.4, 0.5) is 0 Å². The third-order valence-electron chi connectivity index (χ3n) is 3.11. The molecule has 2 rings (SSSR count). The second-order valence-corrected chi connectivity index (χ2v) is 7.03. The van der Waals surface area contributed by atoms with Gasteiger partial charge in [0.2, 0.25) is 5.75 Å². The van der Waals surface area contributed by atoms with E-state index in [1.165, 1.54) is 0 Å². The summed E-state index contributed by atoms with van der Waals surface area (Å²) in [5, 5.41) is 0.